The van der Waals surface area contributed by atoms with E-state index < -0.39 is 17.2 Å². The molecule has 0 saturated heterocycles. The first-order valence-electron chi connectivity index (χ1n) is 5.50. The first-order valence-corrected chi connectivity index (χ1v) is 6.29. The van der Waals surface area contributed by atoms with Crippen molar-refractivity contribution in [3.63, 3.8) is 0 Å². The van der Waals surface area contributed by atoms with E-state index in [9.17, 15) is 14.4 Å². The molecule has 106 valence electrons. The predicted octanol–water partition coefficient (Wildman–Crippen LogP) is 0.0345. The van der Waals surface area contributed by atoms with Crippen LogP contribution in [0.25, 0.3) is 0 Å². The molecule has 1 atom stereocenters. The van der Waals surface area contributed by atoms with Crippen LogP contribution in [-0.4, -0.2) is 29.0 Å². The average Bonchev–Trinajstić information content (AvgIpc) is 2.33. The molecule has 8 heteroatoms. The third-order valence-corrected chi connectivity index (χ3v) is 3.25. The third kappa shape index (κ3) is 3.13. The minimum absolute atomic E-state index is 0.167. The molecule has 0 amide bonds. The van der Waals surface area contributed by atoms with Gasteiger partial charge in [-0.15, -0.1) is 4.73 Å². The van der Waals surface area contributed by atoms with Gasteiger partial charge in [-0.2, -0.15) is 0 Å². The topological polar surface area (TPSA) is 79.5 Å². The van der Waals surface area contributed by atoms with Crippen LogP contribution >= 0.6 is 15.9 Å². The smallest absolute Gasteiger partial charge is 0.364 e. The van der Waals surface area contributed by atoms with Gasteiger partial charge in [0.1, 0.15) is 4.47 Å². The SMILES string of the molecule is COC[C@H](C)c1c(Br)c(=O)n(C)c(=O)n1OC(C)=O. The summed E-state index contributed by atoms with van der Waals surface area (Å²) in [5.41, 5.74) is -0.946. The zero-order chi connectivity index (χ0) is 14.7. The van der Waals surface area contributed by atoms with Crippen LogP contribution in [0.5, 0.6) is 0 Å². The van der Waals surface area contributed by atoms with Gasteiger partial charge in [-0.05, 0) is 15.9 Å². The van der Waals surface area contributed by atoms with Crippen molar-refractivity contribution in [3.8, 4) is 0 Å². The Bertz CT molecular complexity index is 604. The van der Waals surface area contributed by atoms with Crippen LogP contribution in [-0.2, 0) is 16.6 Å². The normalized spacial score (nSPS) is 12.3. The molecular formula is C11H15BrN2O5. The van der Waals surface area contributed by atoms with Crippen molar-refractivity contribution in [1.82, 2.24) is 9.30 Å². The second-order valence-electron chi connectivity index (χ2n) is 4.08. The van der Waals surface area contributed by atoms with Crippen LogP contribution in [0.15, 0.2) is 14.1 Å². The van der Waals surface area contributed by atoms with Crippen LogP contribution in [0.1, 0.15) is 25.5 Å². The van der Waals surface area contributed by atoms with Crippen molar-refractivity contribution < 1.29 is 14.4 Å². The number of methoxy groups -OCH3 is 1. The van der Waals surface area contributed by atoms with Crippen LogP contribution in [0.2, 0.25) is 0 Å². The molecule has 0 fully saturated rings. The number of carbonyl (C=O) groups is 1. The number of hydrogen-bond acceptors (Lipinski definition) is 5. The quantitative estimate of drug-likeness (QED) is 0.776. The Hall–Kier alpha value is -1.41. The van der Waals surface area contributed by atoms with E-state index >= 15 is 0 Å². The lowest BCUT2D eigenvalue weighted by molar-refractivity contribution is -0.142. The van der Waals surface area contributed by atoms with Crippen molar-refractivity contribution in [1.29, 1.82) is 0 Å². The molecule has 0 aliphatic heterocycles. The van der Waals surface area contributed by atoms with Gasteiger partial charge >= 0.3 is 11.7 Å². The van der Waals surface area contributed by atoms with Gasteiger partial charge in [0, 0.05) is 27.0 Å². The Morgan fingerprint density at radius 3 is 2.47 bits per heavy atom. The van der Waals surface area contributed by atoms with E-state index in [2.05, 4.69) is 15.9 Å². The van der Waals surface area contributed by atoms with Crippen LogP contribution in [0, 0.1) is 0 Å². The van der Waals surface area contributed by atoms with E-state index in [0.29, 0.717) is 0 Å². The molecule has 0 unspecified atom stereocenters. The summed E-state index contributed by atoms with van der Waals surface area (Å²) in [5.74, 6) is -0.959. The Kier molecular flexibility index (Phi) is 5.07. The Morgan fingerprint density at radius 1 is 1.42 bits per heavy atom. The average molecular weight is 335 g/mol. The summed E-state index contributed by atoms with van der Waals surface area (Å²) in [7, 11) is 2.81. The lowest BCUT2D eigenvalue weighted by Gasteiger charge is -2.18. The summed E-state index contributed by atoms with van der Waals surface area (Å²) >= 11 is 3.14. The number of hydrogen-bond donors (Lipinski definition) is 0. The number of halogens is 1. The highest BCUT2D eigenvalue weighted by Gasteiger charge is 2.22. The number of nitrogens with zero attached hydrogens (tertiary/aromatic N) is 2. The van der Waals surface area contributed by atoms with E-state index in [1.807, 2.05) is 0 Å². The molecule has 0 aliphatic rings. The fourth-order valence-electron chi connectivity index (χ4n) is 1.63. The summed E-state index contributed by atoms with van der Waals surface area (Å²) in [5, 5.41) is 0. The number of aromatic nitrogens is 2. The lowest BCUT2D eigenvalue weighted by atomic mass is 10.1. The minimum Gasteiger partial charge on any atom is -0.384 e. The molecule has 19 heavy (non-hydrogen) atoms. The molecule has 0 spiro atoms. The highest BCUT2D eigenvalue weighted by Crippen LogP contribution is 2.20. The van der Waals surface area contributed by atoms with E-state index in [0.717, 1.165) is 9.30 Å². The molecule has 1 aromatic heterocycles. The molecule has 1 heterocycles. The summed E-state index contributed by atoms with van der Waals surface area (Å²) in [6.07, 6.45) is 0. The zero-order valence-corrected chi connectivity index (χ0v) is 12.7. The van der Waals surface area contributed by atoms with Crippen molar-refractivity contribution in [3.05, 3.63) is 31.0 Å². The predicted molar refractivity (Wildman–Crippen MR) is 71.2 cm³/mol. The van der Waals surface area contributed by atoms with Gasteiger partial charge in [-0.1, -0.05) is 6.92 Å². The van der Waals surface area contributed by atoms with Gasteiger partial charge < -0.3 is 9.57 Å². The third-order valence-electron chi connectivity index (χ3n) is 2.50. The Morgan fingerprint density at radius 2 is 2.00 bits per heavy atom. The molecule has 1 aromatic rings. The molecule has 0 radical (unpaired) electrons. The van der Waals surface area contributed by atoms with Gasteiger partial charge in [0.2, 0.25) is 0 Å². The maximum absolute atomic E-state index is 12.0. The Labute approximate surface area is 117 Å². The van der Waals surface area contributed by atoms with Crippen molar-refractivity contribution in [2.24, 2.45) is 7.05 Å². The molecule has 0 N–H and O–H groups in total. The summed E-state index contributed by atoms with van der Waals surface area (Å²) < 4.78 is 6.84. The van der Waals surface area contributed by atoms with E-state index in [1.54, 1.807) is 6.92 Å². The number of ether oxygens (including phenoxy) is 1. The molecule has 7 nitrogen and oxygen atoms in total. The Balaban J connectivity index is 3.61. The molecule has 0 bridgehead atoms. The van der Waals surface area contributed by atoms with Crippen molar-refractivity contribution in [2.75, 3.05) is 13.7 Å². The highest BCUT2D eigenvalue weighted by molar-refractivity contribution is 9.10. The van der Waals surface area contributed by atoms with Crippen LogP contribution in [0.4, 0.5) is 0 Å². The van der Waals surface area contributed by atoms with Gasteiger partial charge in [0.15, 0.2) is 0 Å². The van der Waals surface area contributed by atoms with Crippen molar-refractivity contribution in [2.45, 2.75) is 19.8 Å². The number of carbonyl (C=O) groups excluding carboxylic acids is 1. The largest absolute Gasteiger partial charge is 0.384 e. The maximum Gasteiger partial charge on any atom is 0.364 e. The molecule has 0 saturated carbocycles. The standard InChI is InChI=1S/C11H15BrN2O5/c1-6(5-18-4)9-8(12)10(16)13(3)11(17)14(9)19-7(2)15/h6H,5H2,1-4H3/t6-/m0/s1. The van der Waals surface area contributed by atoms with Gasteiger partial charge in [0.25, 0.3) is 5.56 Å². The summed E-state index contributed by atoms with van der Waals surface area (Å²) in [6.45, 7) is 3.20. The first-order chi connectivity index (χ1) is 8.81. The summed E-state index contributed by atoms with van der Waals surface area (Å²) in [6, 6.07) is 0. The van der Waals surface area contributed by atoms with E-state index in [4.69, 9.17) is 9.57 Å². The summed E-state index contributed by atoms with van der Waals surface area (Å²) in [4.78, 5) is 39.8. The molecular weight excluding hydrogens is 320 g/mol. The molecule has 0 aliphatic carbocycles. The first kappa shape index (κ1) is 15.6. The fraction of sp³-hybridized carbons (Fsp3) is 0.545. The van der Waals surface area contributed by atoms with Crippen LogP contribution < -0.4 is 16.1 Å². The van der Waals surface area contributed by atoms with Gasteiger partial charge in [0.05, 0.1) is 12.3 Å². The van der Waals surface area contributed by atoms with E-state index in [-0.39, 0.29) is 22.7 Å². The zero-order valence-electron chi connectivity index (χ0n) is 11.1. The van der Waals surface area contributed by atoms with Crippen molar-refractivity contribution >= 4 is 21.9 Å². The molecule has 0 aromatic carbocycles. The molecule has 1 rings (SSSR count). The second kappa shape index (κ2) is 6.16. The second-order valence-corrected chi connectivity index (χ2v) is 4.87. The van der Waals surface area contributed by atoms with Gasteiger partial charge in [-0.25, -0.2) is 9.59 Å². The van der Waals surface area contributed by atoms with Crippen LogP contribution in [0.3, 0.4) is 0 Å². The minimum atomic E-state index is -0.721. The monoisotopic (exact) mass is 334 g/mol. The number of rotatable bonds is 4. The van der Waals surface area contributed by atoms with Gasteiger partial charge in [-0.3, -0.25) is 9.36 Å². The highest BCUT2D eigenvalue weighted by atomic mass is 79.9. The maximum atomic E-state index is 12.0. The van der Waals surface area contributed by atoms with E-state index in [1.165, 1.54) is 21.1 Å². The fourth-order valence-corrected chi connectivity index (χ4v) is 2.45. The lowest BCUT2D eigenvalue weighted by Crippen LogP contribution is -2.44.